The number of aromatic amines is 2. The summed E-state index contributed by atoms with van der Waals surface area (Å²) in [6.07, 6.45) is 4.01. The largest absolute Gasteiger partial charge is 0.361 e. The molecule has 4 N–H and O–H groups in total. The number of nitrogens with zero attached hydrogens (tertiary/aromatic N) is 1. The molecule has 2 aromatic heterocycles. The van der Waals surface area contributed by atoms with Crippen molar-refractivity contribution in [1.82, 2.24) is 20.6 Å². The minimum atomic E-state index is 0. The van der Waals surface area contributed by atoms with Crippen LogP contribution in [0.25, 0.3) is 21.8 Å². The molecule has 2 heterocycles. The molecule has 0 aliphatic carbocycles. The Balaban J connectivity index is 0.00000240. The fraction of sp³-hybridized carbons (Fsp3) is 0.261. The maximum absolute atomic E-state index is 4.35. The Kier molecular flexibility index (Phi) is 7.19. The summed E-state index contributed by atoms with van der Waals surface area (Å²) in [5, 5.41) is 9.46. The van der Waals surface area contributed by atoms with Crippen molar-refractivity contribution in [3.63, 3.8) is 0 Å². The molecular weight excluding hydrogens is 473 g/mol. The molecule has 0 aliphatic heterocycles. The van der Waals surface area contributed by atoms with E-state index in [1.165, 1.54) is 38.6 Å². The molecule has 0 aliphatic rings. The standard InChI is InChI=1S/C23H27N5.HI/c1-16-18(20-8-4-6-10-22(20)28-16)12-14-26-23(24-2)25-13-11-17-15-27-21-9-5-3-7-19(17)21;/h3-10,15,27-28H,11-14H2,1-2H3,(H2,24,25,26);1H. The van der Waals surface area contributed by atoms with Gasteiger partial charge in [-0.15, -0.1) is 24.0 Å². The van der Waals surface area contributed by atoms with Gasteiger partial charge in [-0.25, -0.2) is 0 Å². The first-order valence-electron chi connectivity index (χ1n) is 9.82. The molecule has 0 unspecified atom stereocenters. The van der Waals surface area contributed by atoms with Crippen LogP contribution in [0.2, 0.25) is 0 Å². The van der Waals surface area contributed by atoms with E-state index in [1.54, 1.807) is 0 Å². The molecule has 29 heavy (non-hydrogen) atoms. The van der Waals surface area contributed by atoms with E-state index < -0.39 is 0 Å². The van der Waals surface area contributed by atoms with E-state index in [0.717, 1.165) is 31.9 Å². The third kappa shape index (κ3) is 4.75. The van der Waals surface area contributed by atoms with Crippen molar-refractivity contribution < 1.29 is 0 Å². The van der Waals surface area contributed by atoms with Gasteiger partial charge in [-0.1, -0.05) is 36.4 Å². The number of hydrogen-bond acceptors (Lipinski definition) is 1. The molecular formula is C23H28IN5. The Hall–Kier alpha value is -2.48. The van der Waals surface area contributed by atoms with E-state index in [4.69, 9.17) is 0 Å². The second kappa shape index (κ2) is 9.82. The quantitative estimate of drug-likeness (QED) is 0.178. The van der Waals surface area contributed by atoms with E-state index in [2.05, 4.69) is 87.2 Å². The van der Waals surface area contributed by atoms with E-state index in [1.807, 2.05) is 7.05 Å². The highest BCUT2D eigenvalue weighted by molar-refractivity contribution is 14.0. The zero-order valence-electron chi connectivity index (χ0n) is 16.9. The number of rotatable bonds is 6. The van der Waals surface area contributed by atoms with Crippen LogP contribution in [0.4, 0.5) is 0 Å². The molecule has 0 saturated heterocycles. The van der Waals surface area contributed by atoms with Gasteiger partial charge in [0.2, 0.25) is 0 Å². The molecule has 0 spiro atoms. The molecule has 5 nitrogen and oxygen atoms in total. The second-order valence-corrected chi connectivity index (χ2v) is 7.06. The molecule has 0 amide bonds. The third-order valence-electron chi connectivity index (χ3n) is 5.28. The van der Waals surface area contributed by atoms with Crippen molar-refractivity contribution in [3.05, 3.63) is 71.5 Å². The summed E-state index contributed by atoms with van der Waals surface area (Å²) in [7, 11) is 1.82. The number of halogens is 1. The van der Waals surface area contributed by atoms with Crippen LogP contribution < -0.4 is 10.6 Å². The molecule has 2 aromatic carbocycles. The lowest BCUT2D eigenvalue weighted by Gasteiger charge is -2.12. The van der Waals surface area contributed by atoms with Gasteiger partial charge in [0.05, 0.1) is 0 Å². The van der Waals surface area contributed by atoms with Crippen LogP contribution in [0.5, 0.6) is 0 Å². The fourth-order valence-electron chi connectivity index (χ4n) is 3.84. The summed E-state index contributed by atoms with van der Waals surface area (Å²) < 4.78 is 0. The first-order chi connectivity index (χ1) is 13.8. The van der Waals surface area contributed by atoms with Crippen LogP contribution in [0.3, 0.4) is 0 Å². The highest BCUT2D eigenvalue weighted by atomic mass is 127. The van der Waals surface area contributed by atoms with Crippen LogP contribution in [0, 0.1) is 6.92 Å². The summed E-state index contributed by atoms with van der Waals surface area (Å²) in [6, 6.07) is 16.9. The average Bonchev–Trinajstić information content (AvgIpc) is 3.27. The van der Waals surface area contributed by atoms with Gasteiger partial charge < -0.3 is 20.6 Å². The number of aromatic nitrogens is 2. The molecule has 4 rings (SSSR count). The average molecular weight is 501 g/mol. The molecule has 0 atom stereocenters. The number of para-hydroxylation sites is 2. The minimum absolute atomic E-state index is 0. The maximum atomic E-state index is 4.35. The van der Waals surface area contributed by atoms with Gasteiger partial charge in [0.1, 0.15) is 0 Å². The first kappa shape index (κ1) is 21.2. The number of nitrogens with one attached hydrogen (secondary N) is 4. The number of fused-ring (bicyclic) bond motifs is 2. The number of guanidine groups is 1. The van der Waals surface area contributed by atoms with Crippen molar-refractivity contribution in [1.29, 1.82) is 0 Å². The number of aliphatic imine (C=N–C) groups is 1. The predicted octanol–water partition coefficient (Wildman–Crippen LogP) is 4.53. The summed E-state index contributed by atoms with van der Waals surface area (Å²) in [4.78, 5) is 11.2. The highest BCUT2D eigenvalue weighted by Gasteiger charge is 2.08. The Morgan fingerprint density at radius 3 is 2.31 bits per heavy atom. The van der Waals surface area contributed by atoms with Crippen molar-refractivity contribution >= 4 is 51.7 Å². The zero-order chi connectivity index (χ0) is 19.3. The summed E-state index contributed by atoms with van der Waals surface area (Å²) in [6.45, 7) is 3.83. The first-order valence-corrected chi connectivity index (χ1v) is 9.82. The van der Waals surface area contributed by atoms with Crippen LogP contribution in [-0.2, 0) is 12.8 Å². The van der Waals surface area contributed by atoms with Crippen LogP contribution in [0.15, 0.2) is 59.7 Å². The second-order valence-electron chi connectivity index (χ2n) is 7.06. The van der Waals surface area contributed by atoms with Crippen molar-refractivity contribution in [3.8, 4) is 0 Å². The van der Waals surface area contributed by atoms with E-state index >= 15 is 0 Å². The Bertz CT molecular complexity index is 1110. The zero-order valence-corrected chi connectivity index (χ0v) is 19.2. The molecule has 152 valence electrons. The lowest BCUT2D eigenvalue weighted by Crippen LogP contribution is -2.39. The summed E-state index contributed by atoms with van der Waals surface area (Å²) in [5.41, 5.74) is 6.33. The molecule has 0 fully saturated rings. The van der Waals surface area contributed by atoms with Gasteiger partial charge in [-0.05, 0) is 43.0 Å². The number of benzene rings is 2. The lowest BCUT2D eigenvalue weighted by molar-refractivity contribution is 0.785. The van der Waals surface area contributed by atoms with Crippen molar-refractivity contribution in [2.75, 3.05) is 20.1 Å². The minimum Gasteiger partial charge on any atom is -0.361 e. The Morgan fingerprint density at radius 1 is 0.897 bits per heavy atom. The van der Waals surface area contributed by atoms with Crippen molar-refractivity contribution in [2.24, 2.45) is 4.99 Å². The molecule has 0 bridgehead atoms. The Labute approximate surface area is 188 Å². The van der Waals surface area contributed by atoms with Crippen LogP contribution in [-0.4, -0.2) is 36.1 Å². The smallest absolute Gasteiger partial charge is 0.190 e. The monoisotopic (exact) mass is 501 g/mol. The number of hydrogen-bond donors (Lipinski definition) is 4. The fourth-order valence-corrected chi connectivity index (χ4v) is 3.84. The molecule has 6 heteroatoms. The molecule has 4 aromatic rings. The van der Waals surface area contributed by atoms with Gasteiger partial charge >= 0.3 is 0 Å². The van der Waals surface area contributed by atoms with E-state index in [-0.39, 0.29) is 24.0 Å². The van der Waals surface area contributed by atoms with Crippen LogP contribution >= 0.6 is 24.0 Å². The number of H-pyrrole nitrogens is 2. The van der Waals surface area contributed by atoms with Crippen LogP contribution in [0.1, 0.15) is 16.8 Å². The Morgan fingerprint density at radius 2 is 1.55 bits per heavy atom. The topological polar surface area (TPSA) is 68.0 Å². The van der Waals surface area contributed by atoms with Gasteiger partial charge in [0.25, 0.3) is 0 Å². The third-order valence-corrected chi connectivity index (χ3v) is 5.28. The summed E-state index contributed by atoms with van der Waals surface area (Å²) in [5.74, 6) is 0.845. The maximum Gasteiger partial charge on any atom is 0.190 e. The molecule has 0 radical (unpaired) electrons. The SMILES string of the molecule is CN=C(NCCc1c[nH]c2ccccc12)NCCc1c(C)[nH]c2ccccc12.I. The van der Waals surface area contributed by atoms with Gasteiger partial charge in [-0.2, -0.15) is 0 Å². The van der Waals surface area contributed by atoms with Gasteiger partial charge in [-0.3, -0.25) is 4.99 Å². The van der Waals surface area contributed by atoms with Gasteiger partial charge in [0, 0.05) is 53.8 Å². The molecule has 0 saturated carbocycles. The van der Waals surface area contributed by atoms with Crippen molar-refractivity contribution in [2.45, 2.75) is 19.8 Å². The normalized spacial score (nSPS) is 11.6. The lowest BCUT2D eigenvalue weighted by atomic mass is 10.1. The highest BCUT2D eigenvalue weighted by Crippen LogP contribution is 2.22. The van der Waals surface area contributed by atoms with E-state index in [9.17, 15) is 0 Å². The summed E-state index contributed by atoms with van der Waals surface area (Å²) >= 11 is 0. The van der Waals surface area contributed by atoms with Gasteiger partial charge in [0.15, 0.2) is 5.96 Å². The number of aryl methyl sites for hydroxylation is 1. The van der Waals surface area contributed by atoms with E-state index in [0.29, 0.717) is 0 Å². The predicted molar refractivity (Wildman–Crippen MR) is 134 cm³/mol.